The number of aliphatic hydroxyl groups excluding tert-OH is 4. The molecule has 0 aromatic rings. The maximum absolute atomic E-state index is 11.6. The van der Waals surface area contributed by atoms with E-state index in [1.165, 1.54) is 0 Å². The van der Waals surface area contributed by atoms with Gasteiger partial charge in [-0.15, -0.1) is 0 Å². The van der Waals surface area contributed by atoms with Gasteiger partial charge >= 0.3 is 57.4 Å². The van der Waals surface area contributed by atoms with Crippen molar-refractivity contribution in [3.8, 4) is 0 Å². The SMILES string of the molecule is CCCCCC(=O)OC[C@H](CO)O[C@@H]1O[C@H](CS(=O)(=O)[O-])[C@@H](O)[C@H](O)[C@H]1O.[K+]. The summed E-state index contributed by atoms with van der Waals surface area (Å²) in [6.07, 6.45) is -7.21. The molecule has 0 aromatic heterocycles. The summed E-state index contributed by atoms with van der Waals surface area (Å²) in [4.78, 5) is 11.6. The zero-order valence-corrected chi connectivity index (χ0v) is 19.9. The Morgan fingerprint density at radius 1 is 1.18 bits per heavy atom. The van der Waals surface area contributed by atoms with E-state index < -0.39 is 65.3 Å². The van der Waals surface area contributed by atoms with Gasteiger partial charge in [0.25, 0.3) is 0 Å². The standard InChI is InChI=1S/C15H28O11S.K/c1-2-3-4-5-11(17)24-7-9(6-16)25-15-14(20)13(19)12(18)10(26-15)8-27(21,22)23;/h9-10,12-16,18-20H,2-8H2,1H3,(H,21,22,23);/q;+1/p-1/t9-,10+,12+,13-,14+,15+;/m0./s1. The van der Waals surface area contributed by atoms with Gasteiger partial charge in [-0.3, -0.25) is 4.79 Å². The van der Waals surface area contributed by atoms with Gasteiger partial charge in [-0.1, -0.05) is 19.8 Å². The first-order valence-corrected chi connectivity index (χ1v) is 10.2. The van der Waals surface area contributed by atoms with Crippen LogP contribution in [0.3, 0.4) is 0 Å². The predicted octanol–water partition coefficient (Wildman–Crippen LogP) is -5.16. The first-order chi connectivity index (χ1) is 12.6. The minimum absolute atomic E-state index is 0. The van der Waals surface area contributed by atoms with Crippen LogP contribution in [-0.4, -0.2) is 95.1 Å². The van der Waals surface area contributed by atoms with Crippen molar-refractivity contribution in [3.05, 3.63) is 0 Å². The van der Waals surface area contributed by atoms with Crippen LogP contribution in [0.1, 0.15) is 32.6 Å². The van der Waals surface area contributed by atoms with Gasteiger partial charge in [-0.25, -0.2) is 8.42 Å². The number of carbonyl (C=O) groups excluding carboxylic acids is 1. The van der Waals surface area contributed by atoms with Gasteiger partial charge in [0.05, 0.1) is 22.5 Å². The van der Waals surface area contributed by atoms with Crippen molar-refractivity contribution in [2.45, 2.75) is 69.4 Å². The molecule has 0 radical (unpaired) electrons. The van der Waals surface area contributed by atoms with Gasteiger partial charge < -0.3 is 39.2 Å². The number of ether oxygens (including phenoxy) is 3. The zero-order valence-electron chi connectivity index (χ0n) is 16.0. The molecule has 1 saturated heterocycles. The molecule has 28 heavy (non-hydrogen) atoms. The molecule has 13 heteroatoms. The van der Waals surface area contributed by atoms with E-state index in [1.54, 1.807) is 0 Å². The number of carbonyl (C=O) groups is 1. The summed E-state index contributed by atoms with van der Waals surface area (Å²) in [6, 6.07) is 0. The number of aliphatic hydroxyl groups is 4. The topological polar surface area (TPSA) is 183 Å². The van der Waals surface area contributed by atoms with Crippen LogP contribution in [0.5, 0.6) is 0 Å². The number of esters is 1. The van der Waals surface area contributed by atoms with E-state index in [1.807, 2.05) is 6.92 Å². The summed E-state index contributed by atoms with van der Waals surface area (Å²) >= 11 is 0. The van der Waals surface area contributed by atoms with E-state index in [2.05, 4.69) is 0 Å². The molecule has 0 spiro atoms. The molecule has 6 atom stereocenters. The Balaban J connectivity index is 0.00000729. The van der Waals surface area contributed by atoms with E-state index in [9.17, 15) is 38.2 Å². The largest absolute Gasteiger partial charge is 1.00 e. The molecule has 1 rings (SSSR count). The number of hydrogen-bond acceptors (Lipinski definition) is 11. The van der Waals surface area contributed by atoms with Crippen LogP contribution in [0, 0.1) is 0 Å². The Bertz CT molecular complexity index is 558. The maximum Gasteiger partial charge on any atom is 1.00 e. The molecule has 0 saturated carbocycles. The Labute approximate surface area is 206 Å². The van der Waals surface area contributed by atoms with Gasteiger partial charge in [-0.2, -0.15) is 0 Å². The zero-order chi connectivity index (χ0) is 20.6. The monoisotopic (exact) mass is 454 g/mol. The summed E-state index contributed by atoms with van der Waals surface area (Å²) in [5.74, 6) is -1.64. The van der Waals surface area contributed by atoms with Crippen molar-refractivity contribution in [1.29, 1.82) is 0 Å². The second-order valence-electron chi connectivity index (χ2n) is 6.32. The molecule has 4 N–H and O–H groups in total. The quantitative estimate of drug-likeness (QED) is 0.101. The number of rotatable bonds is 11. The van der Waals surface area contributed by atoms with Crippen molar-refractivity contribution in [2.24, 2.45) is 0 Å². The Kier molecular flexibility index (Phi) is 14.3. The van der Waals surface area contributed by atoms with E-state index in [0.29, 0.717) is 6.42 Å². The van der Waals surface area contributed by atoms with Crippen molar-refractivity contribution < 1.29 is 104 Å². The molecule has 0 aliphatic carbocycles. The molecule has 1 aliphatic rings. The van der Waals surface area contributed by atoms with Gasteiger partial charge in [-0.05, 0) is 6.42 Å². The fourth-order valence-corrected chi connectivity index (χ4v) is 3.15. The van der Waals surface area contributed by atoms with Crippen molar-refractivity contribution >= 4 is 16.1 Å². The van der Waals surface area contributed by atoms with E-state index in [0.717, 1.165) is 12.8 Å². The first kappa shape index (κ1) is 28.8. The van der Waals surface area contributed by atoms with Crippen LogP contribution in [-0.2, 0) is 29.1 Å². The summed E-state index contributed by atoms with van der Waals surface area (Å²) in [6.45, 7) is 0.988. The maximum atomic E-state index is 11.6. The summed E-state index contributed by atoms with van der Waals surface area (Å²) in [7, 11) is -4.79. The molecule has 1 aliphatic heterocycles. The summed E-state index contributed by atoms with van der Waals surface area (Å²) in [5, 5.41) is 38.8. The molecule has 0 amide bonds. The number of unbranched alkanes of at least 4 members (excludes halogenated alkanes) is 2. The third kappa shape index (κ3) is 10.2. The molecule has 160 valence electrons. The Hall–Kier alpha value is 0.776. The van der Waals surface area contributed by atoms with Gasteiger partial charge in [0, 0.05) is 6.42 Å². The van der Waals surface area contributed by atoms with Crippen LogP contribution in [0.25, 0.3) is 0 Å². The minimum atomic E-state index is -4.79. The van der Waals surface area contributed by atoms with Crippen LogP contribution in [0.2, 0.25) is 0 Å². The Morgan fingerprint density at radius 2 is 1.82 bits per heavy atom. The van der Waals surface area contributed by atoms with Crippen LogP contribution in [0.15, 0.2) is 0 Å². The fraction of sp³-hybridized carbons (Fsp3) is 0.933. The third-order valence-corrected chi connectivity index (χ3v) is 4.72. The van der Waals surface area contributed by atoms with E-state index in [-0.39, 0.29) is 64.4 Å². The summed E-state index contributed by atoms with van der Waals surface area (Å²) in [5.41, 5.74) is 0. The molecule has 0 unspecified atom stereocenters. The van der Waals surface area contributed by atoms with Gasteiger partial charge in [0.2, 0.25) is 0 Å². The van der Waals surface area contributed by atoms with Crippen molar-refractivity contribution in [1.82, 2.24) is 0 Å². The molecule has 11 nitrogen and oxygen atoms in total. The van der Waals surface area contributed by atoms with Gasteiger partial charge in [0.15, 0.2) is 6.29 Å². The molecular weight excluding hydrogens is 427 g/mol. The summed E-state index contributed by atoms with van der Waals surface area (Å²) < 4.78 is 47.9. The van der Waals surface area contributed by atoms with Crippen molar-refractivity contribution in [2.75, 3.05) is 19.0 Å². The number of hydrogen-bond donors (Lipinski definition) is 4. The molecule has 1 heterocycles. The van der Waals surface area contributed by atoms with Crippen molar-refractivity contribution in [3.63, 3.8) is 0 Å². The van der Waals surface area contributed by atoms with Gasteiger partial charge in [0.1, 0.15) is 37.1 Å². The normalized spacial score (nSPS) is 29.0. The first-order valence-electron chi connectivity index (χ1n) is 8.64. The van der Waals surface area contributed by atoms with Crippen LogP contribution in [0.4, 0.5) is 0 Å². The average Bonchev–Trinajstić information content (AvgIpc) is 2.59. The molecule has 1 fully saturated rings. The minimum Gasteiger partial charge on any atom is -0.748 e. The van der Waals surface area contributed by atoms with E-state index >= 15 is 0 Å². The predicted molar refractivity (Wildman–Crippen MR) is 88.3 cm³/mol. The van der Waals surface area contributed by atoms with E-state index in [4.69, 9.17) is 14.2 Å². The fourth-order valence-electron chi connectivity index (χ4n) is 2.47. The second kappa shape index (κ2) is 14.0. The smallest absolute Gasteiger partial charge is 0.748 e. The third-order valence-electron chi connectivity index (χ3n) is 3.98. The van der Waals surface area contributed by atoms with Crippen LogP contribution < -0.4 is 51.4 Å². The Morgan fingerprint density at radius 3 is 2.36 bits per heavy atom. The molecule has 0 bridgehead atoms. The average molecular weight is 455 g/mol. The second-order valence-corrected chi connectivity index (χ2v) is 7.77. The molecular formula is C15H27KO11S. The van der Waals surface area contributed by atoms with Crippen LogP contribution >= 0.6 is 0 Å². The molecule has 0 aromatic carbocycles.